The van der Waals surface area contributed by atoms with Crippen LogP contribution in [0.3, 0.4) is 0 Å². The van der Waals surface area contributed by atoms with E-state index in [0.717, 1.165) is 22.2 Å². The van der Waals surface area contributed by atoms with Crippen LogP contribution in [0.4, 0.5) is 29.1 Å². The maximum Gasteiger partial charge on any atom is 0.425 e. The van der Waals surface area contributed by atoms with Gasteiger partial charge in [0.15, 0.2) is 23.6 Å². The molecule has 35 heavy (non-hydrogen) atoms. The van der Waals surface area contributed by atoms with Crippen molar-refractivity contribution in [3.63, 3.8) is 0 Å². The van der Waals surface area contributed by atoms with E-state index in [1.54, 1.807) is 37.3 Å². The van der Waals surface area contributed by atoms with Crippen LogP contribution in [0.1, 0.15) is 19.7 Å². The average molecular weight is 494 g/mol. The number of nitrogens with zero attached hydrogens (tertiary/aromatic N) is 5. The molecule has 0 saturated carbocycles. The highest BCUT2D eigenvalue weighted by molar-refractivity contribution is 5.98. The number of halogens is 4. The van der Waals surface area contributed by atoms with Crippen LogP contribution in [0.25, 0.3) is 16.6 Å². The van der Waals surface area contributed by atoms with E-state index in [1.807, 2.05) is 0 Å². The predicted molar refractivity (Wildman–Crippen MR) is 120 cm³/mol. The number of aliphatic hydroxyl groups is 1. The normalized spacial score (nSPS) is 12.8. The Kier molecular flexibility index (Phi) is 6.28. The molecule has 4 rings (SSSR count). The quantitative estimate of drug-likeness (QED) is 0.381. The summed E-state index contributed by atoms with van der Waals surface area (Å²) in [7, 11) is 1.41. The number of benzene rings is 2. The van der Waals surface area contributed by atoms with Gasteiger partial charge in [-0.1, -0.05) is 18.2 Å². The Morgan fingerprint density at radius 2 is 1.89 bits per heavy atom. The Hall–Kier alpha value is -3.87. The van der Waals surface area contributed by atoms with Gasteiger partial charge in [0, 0.05) is 25.3 Å². The summed E-state index contributed by atoms with van der Waals surface area (Å²) in [5.41, 5.74) is -0.844. The van der Waals surface area contributed by atoms with Crippen LogP contribution >= 0.6 is 0 Å². The van der Waals surface area contributed by atoms with Gasteiger partial charge in [-0.25, -0.2) is 9.18 Å². The molecule has 13 heteroatoms. The first kappa shape index (κ1) is 24.3. The molecule has 2 aromatic heterocycles. The number of alkyl halides is 3. The van der Waals surface area contributed by atoms with Crippen LogP contribution in [0.5, 0.6) is 5.75 Å². The zero-order valence-corrected chi connectivity index (χ0v) is 19.0. The number of aryl methyl sites for hydroxylation is 1. The summed E-state index contributed by atoms with van der Waals surface area (Å²) in [6.07, 6.45) is -6.95. The van der Waals surface area contributed by atoms with E-state index >= 15 is 4.39 Å². The molecule has 0 spiro atoms. The van der Waals surface area contributed by atoms with Crippen LogP contribution in [0, 0.1) is 5.82 Å². The van der Waals surface area contributed by atoms with Crippen molar-refractivity contribution in [1.82, 2.24) is 24.1 Å². The lowest BCUT2D eigenvalue weighted by molar-refractivity contribution is -0.188. The van der Waals surface area contributed by atoms with E-state index in [2.05, 4.69) is 15.5 Å². The Morgan fingerprint density at radius 3 is 2.46 bits per heavy atom. The van der Waals surface area contributed by atoms with Gasteiger partial charge in [-0.2, -0.15) is 23.0 Å². The van der Waals surface area contributed by atoms with Crippen LogP contribution in [0.2, 0.25) is 0 Å². The number of rotatable bonds is 7. The minimum absolute atomic E-state index is 0.0282. The average Bonchev–Trinajstić information content (AvgIpc) is 3.31. The number of anilines is 2. The second-order valence-electron chi connectivity index (χ2n) is 7.71. The molecule has 9 nitrogen and oxygen atoms in total. The first-order chi connectivity index (χ1) is 16.6. The standard InChI is InChI=1S/C22H22F4N6O3/c1-4-31-16(11-33)28-32(21(31)34)14-10-15(35-12(2)22(24,25)26)17-19(18(14)23)30(3)29-20(17)27-13-8-6-5-7-9-13/h5-10,12,33H,4,11H2,1-3H3,(H,27,29). The Balaban J connectivity index is 1.99. The smallest absolute Gasteiger partial charge is 0.425 e. The molecule has 0 saturated heterocycles. The van der Waals surface area contributed by atoms with Gasteiger partial charge in [0.05, 0.1) is 5.39 Å². The molecule has 0 bridgehead atoms. The summed E-state index contributed by atoms with van der Waals surface area (Å²) in [5, 5.41) is 20.7. The number of nitrogens with one attached hydrogen (secondary N) is 1. The number of hydrogen-bond acceptors (Lipinski definition) is 6. The van der Waals surface area contributed by atoms with Crippen LogP contribution in [-0.4, -0.2) is 41.5 Å². The van der Waals surface area contributed by atoms with Gasteiger partial charge in [-0.3, -0.25) is 9.25 Å². The van der Waals surface area contributed by atoms with Gasteiger partial charge in [-0.05, 0) is 26.0 Å². The molecule has 0 fully saturated rings. The van der Waals surface area contributed by atoms with Crippen molar-refractivity contribution >= 4 is 22.4 Å². The Morgan fingerprint density at radius 1 is 1.20 bits per heavy atom. The van der Waals surface area contributed by atoms with Crippen molar-refractivity contribution in [2.45, 2.75) is 39.3 Å². The van der Waals surface area contributed by atoms with E-state index in [4.69, 9.17) is 4.74 Å². The molecule has 0 amide bonds. The molecule has 2 aromatic carbocycles. The molecule has 2 N–H and O–H groups in total. The number of para-hydroxylation sites is 1. The second kappa shape index (κ2) is 9.06. The first-order valence-electron chi connectivity index (χ1n) is 10.6. The van der Waals surface area contributed by atoms with Gasteiger partial charge < -0.3 is 15.2 Å². The lowest BCUT2D eigenvalue weighted by Crippen LogP contribution is -2.31. The molecule has 1 unspecified atom stereocenters. The molecule has 1 atom stereocenters. The van der Waals surface area contributed by atoms with Gasteiger partial charge in [0.25, 0.3) is 0 Å². The summed E-state index contributed by atoms with van der Waals surface area (Å²) in [5.74, 6) is -1.27. The minimum Gasteiger partial charge on any atom is -0.480 e. The molecule has 0 aliphatic heterocycles. The second-order valence-corrected chi connectivity index (χ2v) is 7.71. The summed E-state index contributed by atoms with van der Waals surface area (Å²) >= 11 is 0. The van der Waals surface area contributed by atoms with Crippen molar-refractivity contribution in [3.05, 3.63) is 58.5 Å². The van der Waals surface area contributed by atoms with Gasteiger partial charge in [0.2, 0.25) is 0 Å². The highest BCUT2D eigenvalue weighted by Crippen LogP contribution is 2.39. The van der Waals surface area contributed by atoms with Gasteiger partial charge in [0.1, 0.15) is 23.6 Å². The summed E-state index contributed by atoms with van der Waals surface area (Å²) in [6, 6.07) is 9.65. The fraction of sp³-hybridized carbons (Fsp3) is 0.318. The third kappa shape index (κ3) is 4.34. The van der Waals surface area contributed by atoms with Crippen molar-refractivity contribution in [2.24, 2.45) is 7.05 Å². The molecule has 0 aliphatic rings. The Labute approximate surface area is 196 Å². The Bertz CT molecular complexity index is 1430. The molecule has 2 heterocycles. The lowest BCUT2D eigenvalue weighted by atomic mass is 10.1. The number of aliphatic hydroxyl groups excluding tert-OH is 1. The molecular weight excluding hydrogens is 472 g/mol. The monoisotopic (exact) mass is 494 g/mol. The summed E-state index contributed by atoms with van der Waals surface area (Å²) < 4.78 is 64.1. The molecule has 4 aromatic rings. The van der Waals surface area contributed by atoms with E-state index in [0.29, 0.717) is 10.4 Å². The third-order valence-corrected chi connectivity index (χ3v) is 5.42. The van der Waals surface area contributed by atoms with Crippen molar-refractivity contribution < 1.29 is 27.4 Å². The predicted octanol–water partition coefficient (Wildman–Crippen LogP) is 3.65. The zero-order chi connectivity index (χ0) is 25.5. The van der Waals surface area contributed by atoms with E-state index in [-0.39, 0.29) is 34.8 Å². The fourth-order valence-corrected chi connectivity index (χ4v) is 3.67. The minimum atomic E-state index is -4.71. The van der Waals surface area contributed by atoms with Crippen molar-refractivity contribution in [2.75, 3.05) is 5.32 Å². The third-order valence-electron chi connectivity index (χ3n) is 5.42. The number of hydrogen-bond donors (Lipinski definition) is 2. The van der Waals surface area contributed by atoms with Crippen LogP contribution in [0.15, 0.2) is 41.2 Å². The number of fused-ring (bicyclic) bond motifs is 1. The molecule has 0 aliphatic carbocycles. The van der Waals surface area contributed by atoms with Crippen LogP contribution in [-0.2, 0) is 20.2 Å². The van der Waals surface area contributed by atoms with Crippen LogP contribution < -0.4 is 15.7 Å². The molecular formula is C22H22F4N6O3. The summed E-state index contributed by atoms with van der Waals surface area (Å²) in [6.45, 7) is 2.00. The van der Waals surface area contributed by atoms with E-state index < -0.39 is 36.1 Å². The highest BCUT2D eigenvalue weighted by atomic mass is 19.4. The van der Waals surface area contributed by atoms with Gasteiger partial charge in [-0.15, -0.1) is 5.10 Å². The summed E-state index contributed by atoms with van der Waals surface area (Å²) in [4.78, 5) is 12.8. The van der Waals surface area contributed by atoms with Crippen molar-refractivity contribution in [1.29, 1.82) is 0 Å². The fourth-order valence-electron chi connectivity index (χ4n) is 3.67. The SMILES string of the molecule is CCn1c(CO)nn(-c2cc(OC(C)C(F)(F)F)c3c(Nc4ccccc4)nn(C)c3c2F)c1=O. The van der Waals surface area contributed by atoms with Gasteiger partial charge >= 0.3 is 11.9 Å². The highest BCUT2D eigenvalue weighted by Gasteiger charge is 2.39. The maximum atomic E-state index is 15.8. The lowest BCUT2D eigenvalue weighted by Gasteiger charge is -2.19. The number of ether oxygens (including phenoxy) is 1. The molecule has 186 valence electrons. The maximum absolute atomic E-state index is 15.8. The molecule has 0 radical (unpaired) electrons. The van der Waals surface area contributed by atoms with Crippen molar-refractivity contribution in [3.8, 4) is 11.4 Å². The zero-order valence-electron chi connectivity index (χ0n) is 19.0. The number of aromatic nitrogens is 5. The first-order valence-corrected chi connectivity index (χ1v) is 10.6. The van der Waals surface area contributed by atoms with E-state index in [9.17, 15) is 23.1 Å². The topological polar surface area (TPSA) is 99.1 Å². The van der Waals surface area contributed by atoms with E-state index in [1.165, 1.54) is 7.05 Å². The largest absolute Gasteiger partial charge is 0.480 e.